The first-order valence-electron chi connectivity index (χ1n) is 3.44. The Hall–Kier alpha value is -0.410. The molecule has 1 aromatic carbocycles. The molecule has 1 aromatic rings. The van der Waals surface area contributed by atoms with E-state index in [1.54, 1.807) is 0 Å². The second-order valence-electron chi connectivity index (χ2n) is 2.19. The second kappa shape index (κ2) is 4.58. The van der Waals surface area contributed by atoms with Gasteiger partial charge in [0.1, 0.15) is 5.82 Å². The molecule has 0 fully saturated rings. The van der Waals surface area contributed by atoms with E-state index in [1.165, 1.54) is 24.3 Å². The highest BCUT2D eigenvalue weighted by atomic mass is 35.5. The number of benzene rings is 1. The summed E-state index contributed by atoms with van der Waals surface area (Å²) in [4.78, 5) is 0.622. The molecule has 0 aliphatic heterocycles. The van der Waals surface area contributed by atoms with Crippen LogP contribution in [0.25, 0.3) is 0 Å². The molecule has 0 spiro atoms. The first-order valence-corrected chi connectivity index (χ1v) is 5.29. The van der Waals surface area contributed by atoms with Crippen LogP contribution in [0.2, 0.25) is 0 Å². The van der Waals surface area contributed by atoms with Crippen molar-refractivity contribution in [3.63, 3.8) is 0 Å². The molecular weight excluding hydrogens is 199 g/mol. The Labute approximate surface area is 78.0 Å². The molecule has 1 unspecified atom stereocenters. The van der Waals surface area contributed by atoms with E-state index in [4.69, 9.17) is 11.6 Å². The molecule has 4 heteroatoms. The first kappa shape index (κ1) is 9.68. The Kier molecular flexibility index (Phi) is 3.69. The normalized spacial score (nSPS) is 12.8. The van der Waals surface area contributed by atoms with Crippen molar-refractivity contribution in [2.24, 2.45) is 0 Å². The lowest BCUT2D eigenvalue weighted by atomic mass is 10.4. The lowest BCUT2D eigenvalue weighted by Crippen LogP contribution is -1.98. The van der Waals surface area contributed by atoms with E-state index in [0.717, 1.165) is 0 Å². The van der Waals surface area contributed by atoms with Gasteiger partial charge < -0.3 is 0 Å². The largest absolute Gasteiger partial charge is 0.254 e. The van der Waals surface area contributed by atoms with Crippen molar-refractivity contribution in [2.75, 3.05) is 11.6 Å². The third kappa shape index (κ3) is 2.57. The smallest absolute Gasteiger partial charge is 0.123 e. The maximum atomic E-state index is 12.4. The van der Waals surface area contributed by atoms with Gasteiger partial charge in [-0.05, 0) is 24.3 Å². The van der Waals surface area contributed by atoms with Gasteiger partial charge in [-0.3, -0.25) is 4.21 Å². The van der Waals surface area contributed by atoms with E-state index in [1.807, 2.05) is 0 Å². The van der Waals surface area contributed by atoms with E-state index in [0.29, 0.717) is 16.5 Å². The standard InChI is InChI=1S/C8H8ClFOS/c9-5-6-12(11)8-3-1-7(10)2-4-8/h1-4H,5-6H2. The van der Waals surface area contributed by atoms with Crippen LogP contribution < -0.4 is 0 Å². The van der Waals surface area contributed by atoms with Crippen molar-refractivity contribution >= 4 is 22.4 Å². The van der Waals surface area contributed by atoms with E-state index in [9.17, 15) is 8.60 Å². The average Bonchev–Trinajstić information content (AvgIpc) is 2.06. The minimum absolute atomic E-state index is 0.318. The third-order valence-electron chi connectivity index (χ3n) is 1.34. The maximum Gasteiger partial charge on any atom is 0.123 e. The zero-order chi connectivity index (χ0) is 8.97. The van der Waals surface area contributed by atoms with Crippen molar-refractivity contribution in [1.29, 1.82) is 0 Å². The zero-order valence-electron chi connectivity index (χ0n) is 6.30. The minimum atomic E-state index is -1.09. The monoisotopic (exact) mass is 206 g/mol. The number of halogens is 2. The second-order valence-corrected chi connectivity index (χ2v) is 4.14. The molecule has 66 valence electrons. The number of alkyl halides is 1. The Bertz CT molecular complexity index is 273. The van der Waals surface area contributed by atoms with Crippen LogP contribution in [-0.2, 0) is 10.8 Å². The highest BCUT2D eigenvalue weighted by Gasteiger charge is 2.01. The van der Waals surface area contributed by atoms with Crippen LogP contribution in [0.1, 0.15) is 0 Å². The SMILES string of the molecule is O=S(CCCl)c1ccc(F)cc1. The van der Waals surface area contributed by atoms with Crippen LogP contribution in [-0.4, -0.2) is 15.8 Å². The first-order chi connectivity index (χ1) is 5.74. The van der Waals surface area contributed by atoms with Crippen molar-refractivity contribution in [3.05, 3.63) is 30.1 Å². The Morgan fingerprint density at radius 3 is 2.42 bits per heavy atom. The summed E-state index contributed by atoms with van der Waals surface area (Å²) < 4.78 is 23.7. The molecule has 0 saturated carbocycles. The average molecular weight is 207 g/mol. The fourth-order valence-corrected chi connectivity index (χ4v) is 2.01. The predicted octanol–water partition coefficient (Wildman–Crippen LogP) is 2.17. The molecule has 0 aliphatic carbocycles. The lowest BCUT2D eigenvalue weighted by molar-refractivity contribution is 0.626. The van der Waals surface area contributed by atoms with Gasteiger partial charge >= 0.3 is 0 Å². The van der Waals surface area contributed by atoms with E-state index >= 15 is 0 Å². The molecule has 0 radical (unpaired) electrons. The summed E-state index contributed by atoms with van der Waals surface area (Å²) in [6.07, 6.45) is 0. The molecule has 0 heterocycles. The summed E-state index contributed by atoms with van der Waals surface area (Å²) in [5.74, 6) is 0.443. The topological polar surface area (TPSA) is 17.1 Å². The van der Waals surface area contributed by atoms with Crippen LogP contribution in [0, 0.1) is 5.82 Å². The molecule has 0 N–H and O–H groups in total. The third-order valence-corrected chi connectivity index (χ3v) is 3.13. The molecule has 0 bridgehead atoms. The molecule has 0 aliphatic rings. The summed E-state index contributed by atoms with van der Waals surface area (Å²) in [7, 11) is -1.09. The van der Waals surface area contributed by atoms with Crippen LogP contribution in [0.15, 0.2) is 29.2 Å². The molecule has 0 amide bonds. The van der Waals surface area contributed by atoms with Crippen molar-refractivity contribution in [3.8, 4) is 0 Å². The van der Waals surface area contributed by atoms with Gasteiger partial charge in [0.2, 0.25) is 0 Å². The van der Waals surface area contributed by atoms with Crippen LogP contribution in [0.5, 0.6) is 0 Å². The molecule has 0 saturated heterocycles. The molecule has 0 aromatic heterocycles. The molecular formula is C8H8ClFOS. The molecule has 1 nitrogen and oxygen atoms in total. The predicted molar refractivity (Wildman–Crippen MR) is 48.4 cm³/mol. The van der Waals surface area contributed by atoms with Crippen molar-refractivity contribution < 1.29 is 8.60 Å². The lowest BCUT2D eigenvalue weighted by Gasteiger charge is -1.98. The number of hydrogen-bond acceptors (Lipinski definition) is 1. The van der Waals surface area contributed by atoms with Crippen LogP contribution in [0.3, 0.4) is 0 Å². The summed E-state index contributed by atoms with van der Waals surface area (Å²) in [6, 6.07) is 5.61. The van der Waals surface area contributed by atoms with Gasteiger partial charge in [-0.1, -0.05) is 0 Å². The quantitative estimate of drug-likeness (QED) is 0.693. The van der Waals surface area contributed by atoms with Crippen molar-refractivity contribution in [1.82, 2.24) is 0 Å². The van der Waals surface area contributed by atoms with E-state index < -0.39 is 10.8 Å². The van der Waals surface area contributed by atoms with E-state index in [-0.39, 0.29) is 5.82 Å². The Morgan fingerprint density at radius 1 is 1.33 bits per heavy atom. The van der Waals surface area contributed by atoms with Gasteiger partial charge in [-0.25, -0.2) is 4.39 Å². The summed E-state index contributed by atoms with van der Waals surface area (Å²) in [5, 5.41) is 0. The highest BCUT2D eigenvalue weighted by Crippen LogP contribution is 2.07. The number of rotatable bonds is 3. The summed E-state index contributed by atoms with van der Waals surface area (Å²) >= 11 is 5.41. The fourth-order valence-electron chi connectivity index (χ4n) is 0.774. The molecule has 1 rings (SSSR count). The maximum absolute atomic E-state index is 12.4. The molecule has 1 atom stereocenters. The van der Waals surface area contributed by atoms with E-state index in [2.05, 4.69) is 0 Å². The van der Waals surface area contributed by atoms with Crippen LogP contribution >= 0.6 is 11.6 Å². The highest BCUT2D eigenvalue weighted by molar-refractivity contribution is 7.85. The summed E-state index contributed by atoms with van der Waals surface area (Å²) in [5.41, 5.74) is 0. The zero-order valence-corrected chi connectivity index (χ0v) is 7.87. The van der Waals surface area contributed by atoms with Gasteiger partial charge in [-0.2, -0.15) is 0 Å². The Morgan fingerprint density at radius 2 is 1.92 bits per heavy atom. The van der Waals surface area contributed by atoms with Gasteiger partial charge in [0.05, 0.1) is 10.8 Å². The van der Waals surface area contributed by atoms with Crippen LogP contribution in [0.4, 0.5) is 4.39 Å². The number of hydrogen-bond donors (Lipinski definition) is 0. The molecule has 12 heavy (non-hydrogen) atoms. The van der Waals surface area contributed by atoms with Gasteiger partial charge in [0.25, 0.3) is 0 Å². The van der Waals surface area contributed by atoms with Gasteiger partial charge in [0, 0.05) is 16.5 Å². The summed E-state index contributed by atoms with van der Waals surface area (Å²) in [6.45, 7) is 0. The van der Waals surface area contributed by atoms with Crippen molar-refractivity contribution in [2.45, 2.75) is 4.90 Å². The minimum Gasteiger partial charge on any atom is -0.254 e. The Balaban J connectivity index is 2.75. The van der Waals surface area contributed by atoms with Gasteiger partial charge in [0.15, 0.2) is 0 Å². The fraction of sp³-hybridized carbons (Fsp3) is 0.250. The van der Waals surface area contributed by atoms with Gasteiger partial charge in [-0.15, -0.1) is 11.6 Å².